The van der Waals surface area contributed by atoms with E-state index in [1.54, 1.807) is 18.2 Å². The van der Waals surface area contributed by atoms with Gasteiger partial charge in [-0.25, -0.2) is 4.79 Å². The molecule has 1 saturated heterocycles. The van der Waals surface area contributed by atoms with Crippen LogP contribution in [0.25, 0.3) is 0 Å². The number of benzene rings is 1. The minimum atomic E-state index is -1.11. The molecule has 160 valence electrons. The van der Waals surface area contributed by atoms with Gasteiger partial charge in [0.05, 0.1) is 11.8 Å². The van der Waals surface area contributed by atoms with E-state index in [2.05, 4.69) is 5.32 Å². The van der Waals surface area contributed by atoms with Gasteiger partial charge in [-0.2, -0.15) is 0 Å². The molecule has 4 rings (SSSR count). The Kier molecular flexibility index (Phi) is 5.36. The zero-order valence-corrected chi connectivity index (χ0v) is 16.9. The summed E-state index contributed by atoms with van der Waals surface area (Å²) in [4.78, 5) is 51.3. The van der Waals surface area contributed by atoms with E-state index in [-0.39, 0.29) is 30.4 Å². The van der Waals surface area contributed by atoms with Crippen LogP contribution in [0.3, 0.4) is 0 Å². The van der Waals surface area contributed by atoms with Crippen LogP contribution in [0.1, 0.15) is 39.5 Å². The number of anilines is 1. The van der Waals surface area contributed by atoms with Crippen LogP contribution >= 0.6 is 0 Å². The van der Waals surface area contributed by atoms with Gasteiger partial charge in [-0.1, -0.05) is 12.8 Å². The zero-order valence-electron chi connectivity index (χ0n) is 16.9. The summed E-state index contributed by atoms with van der Waals surface area (Å²) in [5.41, 5.74) is 0.467. The summed E-state index contributed by atoms with van der Waals surface area (Å²) in [7, 11) is 0. The van der Waals surface area contributed by atoms with Crippen molar-refractivity contribution in [3.63, 3.8) is 0 Å². The first-order chi connectivity index (χ1) is 14.4. The Morgan fingerprint density at radius 2 is 1.70 bits per heavy atom. The molecule has 0 spiro atoms. The highest BCUT2D eigenvalue weighted by atomic mass is 16.7. The minimum Gasteiger partial charge on any atom is -0.454 e. The van der Waals surface area contributed by atoms with Crippen LogP contribution in [-0.4, -0.2) is 47.5 Å². The van der Waals surface area contributed by atoms with Gasteiger partial charge in [0.1, 0.15) is 6.04 Å². The van der Waals surface area contributed by atoms with Crippen molar-refractivity contribution < 1.29 is 33.4 Å². The van der Waals surface area contributed by atoms with Crippen LogP contribution in [0.2, 0.25) is 0 Å². The summed E-state index contributed by atoms with van der Waals surface area (Å²) in [6, 6.07) is 3.85. The quantitative estimate of drug-likeness (QED) is 0.576. The SMILES string of the molecule is C[C@H](OC(=O)[C@@H](C)N1C(=O)[C@H]2CCCC[C@H]2C1=O)C(=O)Nc1ccc2c(c1)OCO2. The van der Waals surface area contributed by atoms with Crippen molar-refractivity contribution in [3.05, 3.63) is 18.2 Å². The molecule has 2 fully saturated rings. The van der Waals surface area contributed by atoms with Gasteiger partial charge in [0, 0.05) is 11.8 Å². The Morgan fingerprint density at radius 1 is 1.07 bits per heavy atom. The fourth-order valence-corrected chi connectivity index (χ4v) is 4.22. The van der Waals surface area contributed by atoms with Crippen molar-refractivity contribution in [3.8, 4) is 11.5 Å². The first-order valence-electron chi connectivity index (χ1n) is 10.1. The van der Waals surface area contributed by atoms with Crippen LogP contribution in [0.4, 0.5) is 5.69 Å². The lowest BCUT2D eigenvalue weighted by Gasteiger charge is -2.23. The fraction of sp³-hybridized carbons (Fsp3) is 0.524. The molecule has 3 aliphatic rings. The molecule has 0 unspecified atom stereocenters. The van der Waals surface area contributed by atoms with Gasteiger partial charge in [0.2, 0.25) is 18.6 Å². The molecule has 0 bridgehead atoms. The van der Waals surface area contributed by atoms with E-state index in [1.165, 1.54) is 13.8 Å². The van der Waals surface area contributed by atoms with Crippen molar-refractivity contribution in [1.29, 1.82) is 0 Å². The highest BCUT2D eigenvalue weighted by Gasteiger charge is 2.51. The van der Waals surface area contributed by atoms with Crippen LogP contribution in [-0.2, 0) is 23.9 Å². The van der Waals surface area contributed by atoms with E-state index >= 15 is 0 Å². The Bertz CT molecular complexity index is 875. The lowest BCUT2D eigenvalue weighted by atomic mass is 9.81. The summed E-state index contributed by atoms with van der Waals surface area (Å²) in [6.45, 7) is 3.01. The smallest absolute Gasteiger partial charge is 0.329 e. The fourth-order valence-electron chi connectivity index (χ4n) is 4.22. The van der Waals surface area contributed by atoms with Crippen molar-refractivity contribution >= 4 is 29.4 Å². The lowest BCUT2D eigenvalue weighted by molar-refractivity contribution is -0.163. The van der Waals surface area contributed by atoms with Gasteiger partial charge in [-0.15, -0.1) is 0 Å². The third-order valence-electron chi connectivity index (χ3n) is 5.91. The molecule has 9 heteroatoms. The molecule has 1 aliphatic carbocycles. The Balaban J connectivity index is 1.36. The van der Waals surface area contributed by atoms with E-state index in [4.69, 9.17) is 14.2 Å². The Labute approximate surface area is 173 Å². The Morgan fingerprint density at radius 3 is 2.37 bits per heavy atom. The number of carbonyl (C=O) groups is 4. The molecule has 1 aromatic carbocycles. The second kappa shape index (κ2) is 7.97. The van der Waals surface area contributed by atoms with Crippen molar-refractivity contribution in [2.45, 2.75) is 51.7 Å². The molecule has 1 saturated carbocycles. The third kappa shape index (κ3) is 3.59. The number of ether oxygens (including phenoxy) is 3. The molecule has 1 aromatic rings. The molecule has 2 aliphatic heterocycles. The number of likely N-dealkylation sites (tertiary alicyclic amines) is 1. The van der Waals surface area contributed by atoms with Crippen molar-refractivity contribution in [2.75, 3.05) is 12.1 Å². The lowest BCUT2D eigenvalue weighted by Crippen LogP contribution is -2.46. The largest absolute Gasteiger partial charge is 0.454 e. The number of rotatable bonds is 5. The van der Waals surface area contributed by atoms with Crippen LogP contribution in [0, 0.1) is 11.8 Å². The third-order valence-corrected chi connectivity index (χ3v) is 5.91. The Hall–Kier alpha value is -3.10. The monoisotopic (exact) mass is 416 g/mol. The van der Waals surface area contributed by atoms with Gasteiger partial charge in [0.15, 0.2) is 17.6 Å². The molecule has 2 heterocycles. The van der Waals surface area contributed by atoms with E-state index in [9.17, 15) is 19.2 Å². The van der Waals surface area contributed by atoms with Gasteiger partial charge in [-0.3, -0.25) is 19.3 Å². The molecule has 1 N–H and O–H groups in total. The predicted molar refractivity (Wildman–Crippen MR) is 104 cm³/mol. The summed E-state index contributed by atoms with van der Waals surface area (Å²) < 4.78 is 15.7. The first kappa shape index (κ1) is 20.2. The molecule has 9 nitrogen and oxygen atoms in total. The van der Waals surface area contributed by atoms with Crippen LogP contribution in [0.5, 0.6) is 11.5 Å². The van der Waals surface area contributed by atoms with E-state index in [0.29, 0.717) is 30.0 Å². The van der Waals surface area contributed by atoms with Gasteiger partial charge >= 0.3 is 5.97 Å². The second-order valence-corrected chi connectivity index (χ2v) is 7.86. The number of nitrogens with one attached hydrogen (secondary N) is 1. The number of hydrogen-bond acceptors (Lipinski definition) is 7. The highest BCUT2D eigenvalue weighted by Crippen LogP contribution is 2.39. The van der Waals surface area contributed by atoms with Gasteiger partial charge in [0.25, 0.3) is 5.91 Å². The zero-order chi connectivity index (χ0) is 21.4. The van der Waals surface area contributed by atoms with Crippen molar-refractivity contribution in [2.24, 2.45) is 11.8 Å². The molecule has 0 aromatic heterocycles. The summed E-state index contributed by atoms with van der Waals surface area (Å²) in [6.07, 6.45) is 2.04. The topological polar surface area (TPSA) is 111 Å². The number of amides is 3. The molecular weight excluding hydrogens is 392 g/mol. The highest BCUT2D eigenvalue weighted by molar-refractivity contribution is 6.08. The number of hydrogen-bond donors (Lipinski definition) is 1. The minimum absolute atomic E-state index is 0.119. The number of fused-ring (bicyclic) bond motifs is 2. The van der Waals surface area contributed by atoms with Crippen LogP contribution in [0.15, 0.2) is 18.2 Å². The van der Waals surface area contributed by atoms with Gasteiger partial charge < -0.3 is 19.5 Å². The van der Waals surface area contributed by atoms with Crippen molar-refractivity contribution in [1.82, 2.24) is 4.90 Å². The summed E-state index contributed by atoms with van der Waals surface area (Å²) in [5.74, 6) is -1.54. The maximum absolute atomic E-state index is 12.6. The molecule has 0 radical (unpaired) electrons. The number of nitrogens with zero attached hydrogens (tertiary/aromatic N) is 1. The van der Waals surface area contributed by atoms with Crippen LogP contribution < -0.4 is 14.8 Å². The van der Waals surface area contributed by atoms with E-state index in [0.717, 1.165) is 17.7 Å². The normalized spacial score (nSPS) is 24.3. The number of imide groups is 1. The molecule has 3 amide bonds. The maximum atomic E-state index is 12.6. The molecule has 4 atom stereocenters. The number of esters is 1. The standard InChI is InChI=1S/C21H24N2O7/c1-11(23-19(25)14-5-3-4-6-15(14)20(23)26)21(27)30-12(2)18(24)22-13-7-8-16-17(9-13)29-10-28-16/h7-9,11-12,14-15H,3-6,10H2,1-2H3,(H,22,24)/t11-,12+,14-,15+/m1/s1. The maximum Gasteiger partial charge on any atom is 0.329 e. The first-order valence-corrected chi connectivity index (χ1v) is 10.1. The molecular formula is C21H24N2O7. The molecule has 30 heavy (non-hydrogen) atoms. The van der Waals surface area contributed by atoms with E-state index < -0.39 is 24.0 Å². The van der Waals surface area contributed by atoms with E-state index in [1.807, 2.05) is 0 Å². The number of carbonyl (C=O) groups excluding carboxylic acids is 4. The predicted octanol–water partition coefficient (Wildman–Crippen LogP) is 1.85. The summed E-state index contributed by atoms with van der Waals surface area (Å²) in [5, 5.41) is 2.64. The summed E-state index contributed by atoms with van der Waals surface area (Å²) >= 11 is 0. The second-order valence-electron chi connectivity index (χ2n) is 7.86. The average Bonchev–Trinajstić information content (AvgIpc) is 3.30. The van der Waals surface area contributed by atoms with Gasteiger partial charge in [-0.05, 0) is 38.8 Å². The average molecular weight is 416 g/mol.